The fourth-order valence-electron chi connectivity index (χ4n) is 1.20. The summed E-state index contributed by atoms with van der Waals surface area (Å²) in [5, 5.41) is 0. The highest BCUT2D eigenvalue weighted by Gasteiger charge is 1.96. The third kappa shape index (κ3) is 3.12. The normalized spacial score (nSPS) is 10.6. The Morgan fingerprint density at radius 1 is 1.33 bits per heavy atom. The number of hydrogen-bond acceptors (Lipinski definition) is 0. The van der Waals surface area contributed by atoms with Crippen molar-refractivity contribution in [1.29, 1.82) is 0 Å². The summed E-state index contributed by atoms with van der Waals surface area (Å²) in [7, 11) is 5.66. The van der Waals surface area contributed by atoms with E-state index in [0.29, 0.717) is 0 Å². The van der Waals surface area contributed by atoms with Crippen LogP contribution in [0.3, 0.4) is 0 Å². The van der Waals surface area contributed by atoms with Crippen molar-refractivity contribution < 1.29 is 0 Å². The number of rotatable bonds is 3. The molecule has 0 saturated carbocycles. The predicted molar refractivity (Wildman–Crippen MR) is 55.0 cm³/mol. The molecule has 0 nitrogen and oxygen atoms in total. The van der Waals surface area contributed by atoms with Crippen molar-refractivity contribution in [3.63, 3.8) is 0 Å². The van der Waals surface area contributed by atoms with Crippen LogP contribution in [-0.4, -0.2) is 7.85 Å². The number of hydrogen-bond donors (Lipinski definition) is 0. The maximum atomic E-state index is 5.66. The first-order valence-electron chi connectivity index (χ1n) is 4.53. The van der Waals surface area contributed by atoms with Crippen molar-refractivity contribution in [2.24, 2.45) is 5.92 Å². The zero-order valence-corrected chi connectivity index (χ0v) is 7.88. The second-order valence-corrected chi connectivity index (χ2v) is 3.68. The van der Waals surface area contributed by atoms with Gasteiger partial charge in [-0.1, -0.05) is 43.6 Å². The van der Waals surface area contributed by atoms with Crippen LogP contribution in [0.15, 0.2) is 24.3 Å². The lowest BCUT2D eigenvalue weighted by Gasteiger charge is -2.04. The second-order valence-electron chi connectivity index (χ2n) is 3.68. The van der Waals surface area contributed by atoms with Gasteiger partial charge in [-0.15, -0.1) is 0 Å². The molecule has 0 saturated heterocycles. The van der Waals surface area contributed by atoms with E-state index in [4.69, 9.17) is 7.85 Å². The van der Waals surface area contributed by atoms with E-state index in [9.17, 15) is 0 Å². The molecule has 0 aliphatic rings. The smallest absolute Gasteiger partial charge is 0.0964 e. The van der Waals surface area contributed by atoms with Crippen LogP contribution in [0.4, 0.5) is 0 Å². The van der Waals surface area contributed by atoms with Crippen LogP contribution >= 0.6 is 0 Å². The summed E-state index contributed by atoms with van der Waals surface area (Å²) in [6, 6.07) is 8.14. The highest BCUT2D eigenvalue weighted by Crippen LogP contribution is 2.06. The second kappa shape index (κ2) is 4.35. The van der Waals surface area contributed by atoms with Crippen LogP contribution in [0.5, 0.6) is 0 Å². The van der Waals surface area contributed by atoms with Gasteiger partial charge in [0, 0.05) is 0 Å². The molecule has 0 spiro atoms. The Bertz CT molecular complexity index is 241. The van der Waals surface area contributed by atoms with Crippen LogP contribution in [0.1, 0.15) is 25.8 Å². The summed E-state index contributed by atoms with van der Waals surface area (Å²) in [4.78, 5) is 0. The van der Waals surface area contributed by atoms with Gasteiger partial charge >= 0.3 is 0 Å². The fourth-order valence-corrected chi connectivity index (χ4v) is 1.20. The van der Waals surface area contributed by atoms with Gasteiger partial charge < -0.3 is 0 Å². The standard InChI is InChI=1S/C11H15B/c1-9(2)6-7-10-4-3-5-11(12)8-10/h3-5,8-9H,6-7H2,1-2H3. The first-order valence-corrected chi connectivity index (χ1v) is 4.53. The number of aryl methyl sites for hydroxylation is 1. The highest BCUT2D eigenvalue weighted by molar-refractivity contribution is 6.32. The van der Waals surface area contributed by atoms with E-state index in [2.05, 4.69) is 26.0 Å². The molecule has 0 N–H and O–H groups in total. The van der Waals surface area contributed by atoms with Crippen LogP contribution in [-0.2, 0) is 6.42 Å². The summed E-state index contributed by atoms with van der Waals surface area (Å²) in [5.74, 6) is 0.770. The van der Waals surface area contributed by atoms with E-state index >= 15 is 0 Å². The lowest BCUT2D eigenvalue weighted by Crippen LogP contribution is -2.03. The van der Waals surface area contributed by atoms with Crippen molar-refractivity contribution in [3.05, 3.63) is 29.8 Å². The van der Waals surface area contributed by atoms with Gasteiger partial charge in [0.05, 0.1) is 0 Å². The van der Waals surface area contributed by atoms with Gasteiger partial charge in [0.2, 0.25) is 0 Å². The van der Waals surface area contributed by atoms with Gasteiger partial charge in [0.1, 0.15) is 7.85 Å². The summed E-state index contributed by atoms with van der Waals surface area (Å²) in [6.45, 7) is 4.48. The van der Waals surface area contributed by atoms with Gasteiger partial charge in [-0.25, -0.2) is 0 Å². The molecule has 0 aliphatic heterocycles. The molecule has 1 rings (SSSR count). The SMILES string of the molecule is [B]c1cccc(CCC(C)C)c1. The topological polar surface area (TPSA) is 0 Å². The molecule has 1 aromatic rings. The molecular formula is C11H15B. The van der Waals surface area contributed by atoms with Crippen molar-refractivity contribution >= 4 is 13.3 Å². The summed E-state index contributed by atoms with van der Waals surface area (Å²) < 4.78 is 0. The molecule has 1 heteroatoms. The van der Waals surface area contributed by atoms with Crippen molar-refractivity contribution in [2.75, 3.05) is 0 Å². The van der Waals surface area contributed by atoms with Crippen LogP contribution < -0.4 is 5.46 Å². The molecular weight excluding hydrogens is 143 g/mol. The largest absolute Gasteiger partial charge is 0.113 e. The van der Waals surface area contributed by atoms with Gasteiger partial charge in [-0.3, -0.25) is 0 Å². The summed E-state index contributed by atoms with van der Waals surface area (Å²) in [6.07, 6.45) is 2.38. The van der Waals surface area contributed by atoms with Gasteiger partial charge in [0.15, 0.2) is 0 Å². The maximum absolute atomic E-state index is 5.66. The van der Waals surface area contributed by atoms with Crippen molar-refractivity contribution in [2.45, 2.75) is 26.7 Å². The van der Waals surface area contributed by atoms with Crippen molar-refractivity contribution in [3.8, 4) is 0 Å². The molecule has 12 heavy (non-hydrogen) atoms. The fraction of sp³-hybridized carbons (Fsp3) is 0.455. The van der Waals surface area contributed by atoms with Crippen LogP contribution in [0.2, 0.25) is 0 Å². The van der Waals surface area contributed by atoms with Gasteiger partial charge in [0.25, 0.3) is 0 Å². The zero-order valence-electron chi connectivity index (χ0n) is 7.88. The van der Waals surface area contributed by atoms with E-state index in [1.54, 1.807) is 0 Å². The zero-order chi connectivity index (χ0) is 8.97. The Hall–Kier alpha value is -0.715. The molecule has 0 bridgehead atoms. The maximum Gasteiger partial charge on any atom is 0.113 e. The quantitative estimate of drug-likeness (QED) is 0.590. The molecule has 0 heterocycles. The Kier molecular flexibility index (Phi) is 3.39. The molecule has 0 fully saturated rings. The Morgan fingerprint density at radius 2 is 2.08 bits per heavy atom. The minimum absolute atomic E-state index is 0.770. The van der Waals surface area contributed by atoms with Gasteiger partial charge in [-0.2, -0.15) is 0 Å². The molecule has 0 aliphatic carbocycles. The van der Waals surface area contributed by atoms with E-state index in [1.165, 1.54) is 12.0 Å². The third-order valence-electron chi connectivity index (χ3n) is 1.96. The van der Waals surface area contributed by atoms with Gasteiger partial charge in [-0.05, 0) is 24.3 Å². The monoisotopic (exact) mass is 158 g/mol. The first kappa shape index (κ1) is 9.37. The Labute approximate surface area is 76.4 Å². The Balaban J connectivity index is 2.52. The minimum Gasteiger partial charge on any atom is -0.0964 e. The van der Waals surface area contributed by atoms with E-state index < -0.39 is 0 Å². The number of benzene rings is 1. The average molecular weight is 158 g/mol. The van der Waals surface area contributed by atoms with Crippen molar-refractivity contribution in [1.82, 2.24) is 0 Å². The lowest BCUT2D eigenvalue weighted by atomic mass is 9.92. The molecule has 62 valence electrons. The Morgan fingerprint density at radius 3 is 2.67 bits per heavy atom. The molecule has 0 unspecified atom stereocenters. The van der Waals surface area contributed by atoms with E-state index in [-0.39, 0.29) is 0 Å². The molecule has 1 aromatic carbocycles. The van der Waals surface area contributed by atoms with E-state index in [0.717, 1.165) is 17.8 Å². The van der Waals surface area contributed by atoms with E-state index in [1.807, 2.05) is 12.1 Å². The molecule has 2 radical (unpaired) electrons. The highest BCUT2D eigenvalue weighted by atomic mass is 14.0. The third-order valence-corrected chi connectivity index (χ3v) is 1.96. The summed E-state index contributed by atoms with van der Waals surface area (Å²) >= 11 is 0. The molecule has 0 aromatic heterocycles. The lowest BCUT2D eigenvalue weighted by molar-refractivity contribution is 0.587. The minimum atomic E-state index is 0.770. The summed E-state index contributed by atoms with van der Waals surface area (Å²) in [5.41, 5.74) is 2.22. The average Bonchev–Trinajstić information content (AvgIpc) is 2.01. The molecule has 0 amide bonds. The van der Waals surface area contributed by atoms with Crippen LogP contribution in [0.25, 0.3) is 0 Å². The van der Waals surface area contributed by atoms with Crippen LogP contribution in [0, 0.1) is 5.92 Å². The predicted octanol–water partition coefficient (Wildman–Crippen LogP) is 2.07. The first-order chi connectivity index (χ1) is 5.68. The molecule has 0 atom stereocenters.